The third kappa shape index (κ3) is 2.96. The summed E-state index contributed by atoms with van der Waals surface area (Å²) >= 11 is 0. The molecule has 0 heterocycles. The molecule has 1 aromatic carbocycles. The van der Waals surface area contributed by atoms with Crippen LogP contribution in [-0.2, 0) is 4.79 Å². The van der Waals surface area contributed by atoms with E-state index in [1.54, 1.807) is 0 Å². The number of anilines is 1. The molecular weight excluding hydrogens is 283 g/mol. The highest BCUT2D eigenvalue weighted by Gasteiger charge is 2.63. The molecule has 0 saturated carbocycles. The molecule has 0 aliphatic carbocycles. The van der Waals surface area contributed by atoms with Crippen LogP contribution in [0.15, 0.2) is 12.1 Å². The topological polar surface area (TPSA) is 29.1 Å². The average Bonchev–Trinajstić information content (AvgIpc) is 2.24. The highest BCUT2D eigenvalue weighted by molar-refractivity contribution is 5.96. The summed E-state index contributed by atoms with van der Waals surface area (Å²) < 4.78 is 86.9. The maximum absolute atomic E-state index is 13.2. The molecule has 0 aromatic heterocycles. The van der Waals surface area contributed by atoms with Gasteiger partial charge in [0.15, 0.2) is 0 Å². The first-order chi connectivity index (χ1) is 8.46. The van der Waals surface area contributed by atoms with Crippen molar-refractivity contribution in [1.29, 1.82) is 0 Å². The number of carbonyl (C=O) groups excluding carboxylic acids is 1. The summed E-state index contributed by atoms with van der Waals surface area (Å²) in [5.74, 6) is -10.9. The van der Waals surface area contributed by atoms with Gasteiger partial charge < -0.3 is 5.32 Å². The van der Waals surface area contributed by atoms with Crippen LogP contribution in [0.5, 0.6) is 0 Å². The van der Waals surface area contributed by atoms with Crippen LogP contribution in [0.3, 0.4) is 0 Å². The Labute approximate surface area is 102 Å². The first kappa shape index (κ1) is 15.3. The molecule has 0 fully saturated rings. The number of halogens is 7. The Morgan fingerprint density at radius 3 is 2.05 bits per heavy atom. The van der Waals surface area contributed by atoms with E-state index in [-0.39, 0.29) is 5.56 Å². The maximum atomic E-state index is 13.2. The lowest BCUT2D eigenvalue weighted by molar-refractivity contribution is -0.267. The van der Waals surface area contributed by atoms with Crippen LogP contribution in [0.25, 0.3) is 0 Å². The van der Waals surface area contributed by atoms with Gasteiger partial charge in [0.05, 0.1) is 5.69 Å². The number of alkyl halides is 5. The standard InChI is InChI=1S/C10H6F7NO/c1-4-2-6(12)7(3-5(4)11)18-8(19)9(13,14)10(15,16)17/h2-3H,1H3,(H,18,19). The molecule has 0 spiro atoms. The third-order valence-corrected chi connectivity index (χ3v) is 2.14. The Balaban J connectivity index is 3.05. The smallest absolute Gasteiger partial charge is 0.318 e. The van der Waals surface area contributed by atoms with Crippen LogP contribution in [0.4, 0.5) is 36.4 Å². The fourth-order valence-corrected chi connectivity index (χ4v) is 1.07. The summed E-state index contributed by atoms with van der Waals surface area (Å²) in [6.45, 7) is 1.15. The highest BCUT2D eigenvalue weighted by Crippen LogP contribution is 2.36. The predicted molar refractivity (Wildman–Crippen MR) is 50.7 cm³/mol. The van der Waals surface area contributed by atoms with E-state index in [1.807, 2.05) is 0 Å². The molecule has 106 valence electrons. The first-order valence-corrected chi connectivity index (χ1v) is 4.68. The summed E-state index contributed by atoms with van der Waals surface area (Å²) in [5, 5.41) is 1.00. The molecule has 0 saturated heterocycles. The third-order valence-electron chi connectivity index (χ3n) is 2.14. The largest absolute Gasteiger partial charge is 0.463 e. The minimum atomic E-state index is -6.13. The van der Waals surface area contributed by atoms with Gasteiger partial charge in [0.25, 0.3) is 0 Å². The molecule has 2 nitrogen and oxygen atoms in total. The Kier molecular flexibility index (Phi) is 3.78. The van der Waals surface area contributed by atoms with Crippen molar-refractivity contribution < 1.29 is 35.5 Å². The van der Waals surface area contributed by atoms with Gasteiger partial charge in [-0.1, -0.05) is 0 Å². The van der Waals surface area contributed by atoms with Gasteiger partial charge in [0.1, 0.15) is 11.6 Å². The summed E-state index contributed by atoms with van der Waals surface area (Å²) in [5.41, 5.74) is -1.30. The number of nitrogens with one attached hydrogen (secondary N) is 1. The van der Waals surface area contributed by atoms with Gasteiger partial charge in [-0.05, 0) is 18.6 Å². The zero-order valence-corrected chi connectivity index (χ0v) is 9.21. The van der Waals surface area contributed by atoms with E-state index in [0.29, 0.717) is 12.1 Å². The second kappa shape index (κ2) is 4.71. The number of benzene rings is 1. The molecule has 0 atom stereocenters. The van der Waals surface area contributed by atoms with Gasteiger partial charge >= 0.3 is 18.0 Å². The molecule has 19 heavy (non-hydrogen) atoms. The number of rotatable bonds is 2. The van der Waals surface area contributed by atoms with E-state index in [2.05, 4.69) is 0 Å². The molecular formula is C10H6F7NO. The Hall–Kier alpha value is -1.80. The Bertz CT molecular complexity index is 509. The number of aryl methyl sites for hydroxylation is 1. The van der Waals surface area contributed by atoms with Gasteiger partial charge in [-0.15, -0.1) is 0 Å². The van der Waals surface area contributed by atoms with Gasteiger partial charge in [-0.2, -0.15) is 22.0 Å². The quantitative estimate of drug-likeness (QED) is 0.831. The molecule has 0 aliphatic heterocycles. The van der Waals surface area contributed by atoms with Gasteiger partial charge in [-0.3, -0.25) is 4.79 Å². The minimum Gasteiger partial charge on any atom is -0.318 e. The van der Waals surface area contributed by atoms with Crippen molar-refractivity contribution in [2.75, 3.05) is 5.32 Å². The minimum absolute atomic E-state index is 0.196. The van der Waals surface area contributed by atoms with Crippen LogP contribution in [-0.4, -0.2) is 18.0 Å². The van der Waals surface area contributed by atoms with Crippen molar-refractivity contribution in [1.82, 2.24) is 0 Å². The predicted octanol–water partition coefficient (Wildman–Crippen LogP) is 3.41. The lowest BCUT2D eigenvalue weighted by Crippen LogP contribution is -2.47. The van der Waals surface area contributed by atoms with Gasteiger partial charge in [0.2, 0.25) is 0 Å². The summed E-state index contributed by atoms with van der Waals surface area (Å²) in [6, 6.07) is 0.867. The van der Waals surface area contributed by atoms with Crippen LogP contribution >= 0.6 is 0 Å². The average molecular weight is 289 g/mol. The summed E-state index contributed by atoms with van der Waals surface area (Å²) in [6.07, 6.45) is -6.13. The van der Waals surface area contributed by atoms with Crippen molar-refractivity contribution in [3.05, 3.63) is 29.3 Å². The zero-order chi connectivity index (χ0) is 15.0. The lowest BCUT2D eigenvalue weighted by atomic mass is 10.2. The van der Waals surface area contributed by atoms with Crippen molar-refractivity contribution in [2.45, 2.75) is 19.0 Å². The molecule has 9 heteroatoms. The van der Waals surface area contributed by atoms with E-state index in [9.17, 15) is 35.5 Å². The molecule has 0 unspecified atom stereocenters. The monoisotopic (exact) mass is 289 g/mol. The van der Waals surface area contributed by atoms with Gasteiger partial charge in [-0.25, -0.2) is 8.78 Å². The number of hydrogen-bond donors (Lipinski definition) is 1. The zero-order valence-electron chi connectivity index (χ0n) is 9.21. The van der Waals surface area contributed by atoms with E-state index >= 15 is 0 Å². The fraction of sp³-hybridized carbons (Fsp3) is 0.300. The Morgan fingerprint density at radius 1 is 1.05 bits per heavy atom. The maximum Gasteiger partial charge on any atom is 0.463 e. The van der Waals surface area contributed by atoms with Gasteiger partial charge in [0, 0.05) is 6.07 Å². The van der Waals surface area contributed by atoms with Crippen molar-refractivity contribution in [2.24, 2.45) is 0 Å². The second-order valence-corrected chi connectivity index (χ2v) is 3.61. The SMILES string of the molecule is Cc1cc(F)c(NC(=O)C(F)(F)C(F)(F)F)cc1F. The number of carbonyl (C=O) groups is 1. The highest BCUT2D eigenvalue weighted by atomic mass is 19.4. The molecule has 0 aliphatic rings. The van der Waals surface area contributed by atoms with Crippen molar-refractivity contribution in [3.63, 3.8) is 0 Å². The molecule has 0 bridgehead atoms. The van der Waals surface area contributed by atoms with Crippen molar-refractivity contribution >= 4 is 11.6 Å². The van der Waals surface area contributed by atoms with E-state index in [4.69, 9.17) is 0 Å². The number of amides is 1. The van der Waals surface area contributed by atoms with E-state index < -0.39 is 35.3 Å². The molecule has 0 radical (unpaired) electrons. The molecule has 1 N–H and O–H groups in total. The molecule has 1 rings (SSSR count). The lowest BCUT2D eigenvalue weighted by Gasteiger charge is -2.19. The molecule has 1 amide bonds. The Morgan fingerprint density at radius 2 is 1.58 bits per heavy atom. The van der Waals surface area contributed by atoms with Crippen molar-refractivity contribution in [3.8, 4) is 0 Å². The number of hydrogen-bond acceptors (Lipinski definition) is 1. The van der Waals surface area contributed by atoms with Crippen LogP contribution in [0, 0.1) is 18.6 Å². The van der Waals surface area contributed by atoms with Crippen LogP contribution in [0.2, 0.25) is 0 Å². The van der Waals surface area contributed by atoms with Crippen LogP contribution < -0.4 is 5.32 Å². The normalized spacial score (nSPS) is 12.4. The van der Waals surface area contributed by atoms with Crippen LogP contribution in [0.1, 0.15) is 5.56 Å². The summed E-state index contributed by atoms with van der Waals surface area (Å²) in [4.78, 5) is 10.8. The van der Waals surface area contributed by atoms with E-state index in [0.717, 1.165) is 12.2 Å². The molecule has 1 aromatic rings. The fourth-order valence-electron chi connectivity index (χ4n) is 1.07. The van der Waals surface area contributed by atoms with E-state index in [1.165, 1.54) is 0 Å². The second-order valence-electron chi connectivity index (χ2n) is 3.61. The first-order valence-electron chi connectivity index (χ1n) is 4.68. The summed E-state index contributed by atoms with van der Waals surface area (Å²) in [7, 11) is 0.